The predicted octanol–water partition coefficient (Wildman–Crippen LogP) is 3.75. The Morgan fingerprint density at radius 1 is 1.30 bits per heavy atom. The van der Waals surface area contributed by atoms with Crippen LogP contribution in [0.5, 0.6) is 0 Å². The third kappa shape index (κ3) is 6.43. The molecule has 0 bridgehead atoms. The van der Waals surface area contributed by atoms with Crippen molar-refractivity contribution in [3.63, 3.8) is 0 Å². The van der Waals surface area contributed by atoms with Crippen molar-refractivity contribution in [2.45, 2.75) is 51.9 Å². The van der Waals surface area contributed by atoms with E-state index in [0.717, 1.165) is 18.1 Å². The van der Waals surface area contributed by atoms with Gasteiger partial charge in [0, 0.05) is 31.1 Å². The van der Waals surface area contributed by atoms with Gasteiger partial charge in [-0.15, -0.1) is 36.2 Å². The summed E-state index contributed by atoms with van der Waals surface area (Å²) in [5.74, 6) is -0.142. The number of aromatic nitrogens is 1. The first-order valence-corrected chi connectivity index (χ1v) is 9.79. The van der Waals surface area contributed by atoms with Crippen LogP contribution >= 0.6 is 36.2 Å². The number of piperidine rings is 1. The van der Waals surface area contributed by atoms with Gasteiger partial charge in [0.05, 0.1) is 0 Å². The number of nitrogens with one attached hydrogen (secondary N) is 1. The zero-order chi connectivity index (χ0) is 17.6. The molecular formula is C19H28Cl2N4OS. The lowest BCUT2D eigenvalue weighted by Gasteiger charge is -2.33. The number of hydrogen-bond acceptors (Lipinski definition) is 5. The van der Waals surface area contributed by atoms with Gasteiger partial charge in [0.2, 0.25) is 0 Å². The summed E-state index contributed by atoms with van der Waals surface area (Å²) >= 11 is 1.42. The Kier molecular flexibility index (Phi) is 10.3. The van der Waals surface area contributed by atoms with Crippen molar-refractivity contribution < 1.29 is 4.79 Å². The molecule has 1 aliphatic rings. The summed E-state index contributed by atoms with van der Waals surface area (Å²) in [7, 11) is 0. The summed E-state index contributed by atoms with van der Waals surface area (Å²) in [6, 6.07) is 8.99. The number of nitrogens with zero attached hydrogens (tertiary/aromatic N) is 2. The summed E-state index contributed by atoms with van der Waals surface area (Å²) < 4.78 is 0. The van der Waals surface area contributed by atoms with Gasteiger partial charge in [-0.05, 0) is 37.4 Å². The largest absolute Gasteiger partial charge is 0.347 e. The maximum Gasteiger partial charge on any atom is 0.271 e. The lowest BCUT2D eigenvalue weighted by Crippen LogP contribution is -2.37. The van der Waals surface area contributed by atoms with Crippen molar-refractivity contribution in [2.75, 3.05) is 6.54 Å². The molecule has 1 atom stereocenters. The number of likely N-dealkylation sites (tertiary alicyclic amines) is 1. The number of halogens is 2. The van der Waals surface area contributed by atoms with E-state index in [9.17, 15) is 4.79 Å². The zero-order valence-electron chi connectivity index (χ0n) is 15.5. The second kappa shape index (κ2) is 11.6. The molecule has 5 nitrogen and oxygen atoms in total. The smallest absolute Gasteiger partial charge is 0.271 e. The molecule has 1 aromatic heterocycles. The van der Waals surface area contributed by atoms with Gasteiger partial charge in [0.15, 0.2) is 0 Å². The van der Waals surface area contributed by atoms with Gasteiger partial charge in [-0.25, -0.2) is 4.98 Å². The summed E-state index contributed by atoms with van der Waals surface area (Å²) in [5, 5.41) is 5.53. The molecule has 0 radical (unpaired) electrons. The van der Waals surface area contributed by atoms with Crippen molar-refractivity contribution in [3.8, 4) is 0 Å². The van der Waals surface area contributed by atoms with Gasteiger partial charge in [0.25, 0.3) is 5.91 Å². The van der Waals surface area contributed by atoms with E-state index in [1.807, 2.05) is 6.07 Å². The number of carbonyl (C=O) groups is 1. The van der Waals surface area contributed by atoms with Crippen LogP contribution in [0.1, 0.15) is 52.8 Å². The van der Waals surface area contributed by atoms with E-state index >= 15 is 0 Å². The Morgan fingerprint density at radius 3 is 2.70 bits per heavy atom. The maximum atomic E-state index is 12.3. The van der Waals surface area contributed by atoms with Crippen LogP contribution in [-0.4, -0.2) is 28.4 Å². The molecule has 2 aromatic rings. The molecule has 3 N–H and O–H groups in total. The Hall–Kier alpha value is -1.18. The number of amides is 1. The Morgan fingerprint density at radius 2 is 2.04 bits per heavy atom. The topological polar surface area (TPSA) is 71.2 Å². The average Bonchev–Trinajstić information content (AvgIpc) is 3.12. The summed E-state index contributed by atoms with van der Waals surface area (Å²) in [6.07, 6.45) is 3.87. The Balaban J connectivity index is 0.00000182. The summed E-state index contributed by atoms with van der Waals surface area (Å²) in [4.78, 5) is 19.1. The molecule has 0 spiro atoms. The lowest BCUT2D eigenvalue weighted by atomic mass is 10.0. The van der Waals surface area contributed by atoms with Crippen LogP contribution in [-0.2, 0) is 19.6 Å². The van der Waals surface area contributed by atoms with Gasteiger partial charge in [-0.3, -0.25) is 9.69 Å². The molecule has 1 amide bonds. The molecule has 1 saturated heterocycles. The van der Waals surface area contributed by atoms with Crippen molar-refractivity contribution in [2.24, 2.45) is 5.73 Å². The monoisotopic (exact) mass is 430 g/mol. The number of benzene rings is 1. The highest BCUT2D eigenvalue weighted by Gasteiger charge is 2.19. The highest BCUT2D eigenvalue weighted by atomic mass is 35.5. The fourth-order valence-corrected chi connectivity index (χ4v) is 3.93. The average molecular weight is 431 g/mol. The highest BCUT2D eigenvalue weighted by molar-refractivity contribution is 7.09. The van der Waals surface area contributed by atoms with Gasteiger partial charge in [-0.1, -0.05) is 30.7 Å². The van der Waals surface area contributed by atoms with E-state index in [-0.39, 0.29) is 30.7 Å². The molecule has 1 aliphatic heterocycles. The molecule has 1 fully saturated rings. The van der Waals surface area contributed by atoms with Crippen LogP contribution in [0, 0.1) is 0 Å². The minimum atomic E-state index is -0.142. The minimum Gasteiger partial charge on any atom is -0.347 e. The van der Waals surface area contributed by atoms with E-state index in [1.165, 1.54) is 41.7 Å². The molecule has 1 aromatic carbocycles. The molecule has 0 saturated carbocycles. The molecule has 150 valence electrons. The van der Waals surface area contributed by atoms with E-state index in [2.05, 4.69) is 40.3 Å². The lowest BCUT2D eigenvalue weighted by molar-refractivity contribution is 0.0946. The van der Waals surface area contributed by atoms with Crippen LogP contribution in [0.2, 0.25) is 0 Å². The molecule has 3 rings (SSSR count). The third-order valence-electron chi connectivity index (χ3n) is 4.83. The first kappa shape index (κ1) is 23.9. The van der Waals surface area contributed by atoms with Crippen molar-refractivity contribution >= 4 is 42.1 Å². The predicted molar refractivity (Wildman–Crippen MR) is 116 cm³/mol. The first-order chi connectivity index (χ1) is 12.2. The number of hydrogen-bond donors (Lipinski definition) is 2. The fourth-order valence-electron chi connectivity index (χ4n) is 3.27. The van der Waals surface area contributed by atoms with Gasteiger partial charge >= 0.3 is 0 Å². The minimum absolute atomic E-state index is 0. The SMILES string of the molecule is CC1CCCCN1Cc1ccccc1CNC(=O)c1csc(CN)n1.Cl.Cl. The normalized spacial score (nSPS) is 16.9. The molecule has 8 heteroatoms. The van der Waals surface area contributed by atoms with E-state index in [4.69, 9.17) is 5.73 Å². The van der Waals surface area contributed by atoms with Gasteiger partial charge < -0.3 is 11.1 Å². The quantitative estimate of drug-likeness (QED) is 0.731. The summed E-state index contributed by atoms with van der Waals surface area (Å²) in [5.41, 5.74) is 8.47. The van der Waals surface area contributed by atoms with Crippen LogP contribution in [0.4, 0.5) is 0 Å². The van der Waals surface area contributed by atoms with E-state index in [0.29, 0.717) is 24.8 Å². The van der Waals surface area contributed by atoms with Crippen LogP contribution in [0.25, 0.3) is 0 Å². The summed E-state index contributed by atoms with van der Waals surface area (Å²) in [6.45, 7) is 5.30. The van der Waals surface area contributed by atoms with Crippen LogP contribution in [0.15, 0.2) is 29.6 Å². The number of rotatable bonds is 6. The number of thiazole rings is 1. The highest BCUT2D eigenvalue weighted by Crippen LogP contribution is 2.21. The number of carbonyl (C=O) groups excluding carboxylic acids is 1. The second-order valence-electron chi connectivity index (χ2n) is 6.60. The standard InChI is InChI=1S/C19H26N4OS.2ClH/c1-14-6-4-5-9-23(14)12-16-8-3-2-7-15(16)11-21-19(24)17-13-25-18(10-20)22-17;;/h2-3,7-8,13-14H,4-6,9-12,20H2,1H3,(H,21,24);2*1H. The first-order valence-electron chi connectivity index (χ1n) is 8.91. The van der Waals surface area contributed by atoms with Crippen LogP contribution < -0.4 is 11.1 Å². The van der Waals surface area contributed by atoms with Gasteiger partial charge in [-0.2, -0.15) is 0 Å². The zero-order valence-corrected chi connectivity index (χ0v) is 18.0. The van der Waals surface area contributed by atoms with Crippen LogP contribution in [0.3, 0.4) is 0 Å². The van der Waals surface area contributed by atoms with Crippen molar-refractivity contribution in [3.05, 3.63) is 51.5 Å². The maximum absolute atomic E-state index is 12.3. The molecule has 27 heavy (non-hydrogen) atoms. The molecule has 2 heterocycles. The van der Waals surface area contributed by atoms with Crippen molar-refractivity contribution in [1.82, 2.24) is 15.2 Å². The number of nitrogens with two attached hydrogens (primary N) is 1. The van der Waals surface area contributed by atoms with E-state index in [1.54, 1.807) is 5.38 Å². The Labute approximate surface area is 177 Å². The second-order valence-corrected chi connectivity index (χ2v) is 7.54. The van der Waals surface area contributed by atoms with Crippen molar-refractivity contribution in [1.29, 1.82) is 0 Å². The molecule has 0 aliphatic carbocycles. The van der Waals surface area contributed by atoms with E-state index < -0.39 is 0 Å². The molecular weight excluding hydrogens is 403 g/mol. The fraction of sp³-hybridized carbons (Fsp3) is 0.474. The molecule has 1 unspecified atom stereocenters. The third-order valence-corrected chi connectivity index (χ3v) is 5.70. The van der Waals surface area contributed by atoms with Gasteiger partial charge in [0.1, 0.15) is 10.7 Å². The Bertz CT molecular complexity index is 725.